The third-order valence-electron chi connectivity index (χ3n) is 3.32. The standard InChI is InChI=1S/C13H19BrN2OS/c1-16(6-4-12-7-10(14)9-18-12)13(17)8-11-3-2-5-15-11/h7,9,11,15H,2-6,8H2,1H3. The Hall–Kier alpha value is -0.390. The van der Waals surface area contributed by atoms with Gasteiger partial charge in [0.25, 0.3) is 0 Å². The Kier molecular flexibility index (Phi) is 5.21. The Balaban J connectivity index is 1.73. The van der Waals surface area contributed by atoms with Gasteiger partial charge >= 0.3 is 0 Å². The molecule has 100 valence electrons. The van der Waals surface area contributed by atoms with Crippen molar-refractivity contribution in [3.63, 3.8) is 0 Å². The monoisotopic (exact) mass is 330 g/mol. The molecular formula is C13H19BrN2OS. The summed E-state index contributed by atoms with van der Waals surface area (Å²) < 4.78 is 1.13. The van der Waals surface area contributed by atoms with Crippen molar-refractivity contribution in [1.29, 1.82) is 0 Å². The zero-order valence-electron chi connectivity index (χ0n) is 10.6. The fourth-order valence-electron chi connectivity index (χ4n) is 2.19. The fourth-order valence-corrected chi connectivity index (χ4v) is 3.63. The second-order valence-electron chi connectivity index (χ2n) is 4.79. The molecule has 2 heterocycles. The molecule has 1 N–H and O–H groups in total. The maximum atomic E-state index is 12.0. The lowest BCUT2D eigenvalue weighted by Gasteiger charge is -2.19. The van der Waals surface area contributed by atoms with E-state index in [1.54, 1.807) is 11.3 Å². The summed E-state index contributed by atoms with van der Waals surface area (Å²) in [6.07, 6.45) is 3.92. The first-order valence-electron chi connectivity index (χ1n) is 6.35. The van der Waals surface area contributed by atoms with Crippen molar-refractivity contribution < 1.29 is 4.79 Å². The second kappa shape index (κ2) is 6.68. The van der Waals surface area contributed by atoms with E-state index in [1.165, 1.54) is 11.3 Å². The molecule has 1 aromatic rings. The highest BCUT2D eigenvalue weighted by molar-refractivity contribution is 9.10. The summed E-state index contributed by atoms with van der Waals surface area (Å²) in [5.74, 6) is 0.255. The molecule has 1 unspecified atom stereocenters. The van der Waals surface area contributed by atoms with Crippen molar-refractivity contribution in [2.45, 2.75) is 31.7 Å². The highest BCUT2D eigenvalue weighted by Gasteiger charge is 2.19. The number of nitrogens with zero attached hydrogens (tertiary/aromatic N) is 1. The minimum Gasteiger partial charge on any atom is -0.345 e. The van der Waals surface area contributed by atoms with Crippen molar-refractivity contribution in [3.05, 3.63) is 20.8 Å². The van der Waals surface area contributed by atoms with Crippen molar-refractivity contribution in [2.75, 3.05) is 20.1 Å². The number of halogens is 1. The number of hydrogen-bond donors (Lipinski definition) is 1. The van der Waals surface area contributed by atoms with E-state index in [0.29, 0.717) is 12.5 Å². The topological polar surface area (TPSA) is 32.3 Å². The number of carbonyl (C=O) groups excluding carboxylic acids is 1. The lowest BCUT2D eigenvalue weighted by atomic mass is 10.1. The molecule has 3 nitrogen and oxygen atoms in total. The number of hydrogen-bond acceptors (Lipinski definition) is 3. The summed E-state index contributed by atoms with van der Waals surface area (Å²) in [5, 5.41) is 5.45. The average Bonchev–Trinajstić information content (AvgIpc) is 2.97. The average molecular weight is 331 g/mol. The van der Waals surface area contributed by atoms with Crippen LogP contribution in [0, 0.1) is 0 Å². The molecule has 1 atom stereocenters. The first-order valence-corrected chi connectivity index (χ1v) is 8.02. The van der Waals surface area contributed by atoms with E-state index in [2.05, 4.69) is 32.7 Å². The van der Waals surface area contributed by atoms with Gasteiger partial charge in [0.1, 0.15) is 0 Å². The van der Waals surface area contributed by atoms with E-state index in [9.17, 15) is 4.79 Å². The van der Waals surface area contributed by atoms with Crippen molar-refractivity contribution >= 4 is 33.2 Å². The van der Waals surface area contributed by atoms with Crippen LogP contribution >= 0.6 is 27.3 Å². The van der Waals surface area contributed by atoms with Crippen LogP contribution in [0.15, 0.2) is 15.9 Å². The van der Waals surface area contributed by atoms with Gasteiger partial charge in [-0.3, -0.25) is 4.79 Å². The molecule has 1 fully saturated rings. The molecule has 2 rings (SSSR count). The fraction of sp³-hybridized carbons (Fsp3) is 0.615. The minimum absolute atomic E-state index is 0.255. The molecule has 1 amide bonds. The number of thiophene rings is 1. The van der Waals surface area contributed by atoms with E-state index >= 15 is 0 Å². The molecule has 0 aromatic carbocycles. The van der Waals surface area contributed by atoms with Gasteiger partial charge in [0, 0.05) is 40.8 Å². The quantitative estimate of drug-likeness (QED) is 0.900. The Morgan fingerprint density at radius 2 is 2.50 bits per heavy atom. The Morgan fingerprint density at radius 1 is 1.67 bits per heavy atom. The molecule has 5 heteroatoms. The van der Waals surface area contributed by atoms with Gasteiger partial charge < -0.3 is 10.2 Å². The van der Waals surface area contributed by atoms with E-state index < -0.39 is 0 Å². The van der Waals surface area contributed by atoms with Gasteiger partial charge in [0.05, 0.1) is 0 Å². The Bertz CT molecular complexity index is 401. The predicted molar refractivity (Wildman–Crippen MR) is 79.0 cm³/mol. The van der Waals surface area contributed by atoms with Crippen LogP contribution in [0.1, 0.15) is 24.1 Å². The second-order valence-corrected chi connectivity index (χ2v) is 6.71. The van der Waals surface area contributed by atoms with Crippen LogP contribution in [0.4, 0.5) is 0 Å². The highest BCUT2D eigenvalue weighted by atomic mass is 79.9. The van der Waals surface area contributed by atoms with Crippen molar-refractivity contribution in [2.24, 2.45) is 0 Å². The molecular weight excluding hydrogens is 312 g/mol. The SMILES string of the molecule is CN(CCc1cc(Br)cs1)C(=O)CC1CCCN1. The molecule has 0 spiro atoms. The van der Waals surface area contributed by atoms with Crippen LogP contribution in [0.5, 0.6) is 0 Å². The van der Waals surface area contributed by atoms with Crippen molar-refractivity contribution in [1.82, 2.24) is 10.2 Å². The first-order chi connectivity index (χ1) is 8.65. The zero-order chi connectivity index (χ0) is 13.0. The number of carbonyl (C=O) groups is 1. The lowest BCUT2D eigenvalue weighted by Crippen LogP contribution is -2.34. The van der Waals surface area contributed by atoms with Gasteiger partial charge in [-0.25, -0.2) is 0 Å². The third-order valence-corrected chi connectivity index (χ3v) is 5.08. The number of amides is 1. The van der Waals surface area contributed by atoms with E-state index in [4.69, 9.17) is 0 Å². The molecule has 1 aliphatic rings. The Morgan fingerprint density at radius 3 is 3.11 bits per heavy atom. The lowest BCUT2D eigenvalue weighted by molar-refractivity contribution is -0.130. The van der Waals surface area contributed by atoms with Crippen LogP contribution < -0.4 is 5.32 Å². The van der Waals surface area contributed by atoms with E-state index in [0.717, 1.165) is 30.4 Å². The van der Waals surface area contributed by atoms with E-state index in [-0.39, 0.29) is 5.91 Å². The molecule has 18 heavy (non-hydrogen) atoms. The summed E-state index contributed by atoms with van der Waals surface area (Å²) in [5.41, 5.74) is 0. The highest BCUT2D eigenvalue weighted by Crippen LogP contribution is 2.20. The van der Waals surface area contributed by atoms with Gasteiger partial charge in [-0.2, -0.15) is 0 Å². The van der Waals surface area contributed by atoms with Crippen LogP contribution in [0.25, 0.3) is 0 Å². The third kappa shape index (κ3) is 4.07. The molecule has 0 bridgehead atoms. The summed E-state index contributed by atoms with van der Waals surface area (Å²) in [7, 11) is 1.90. The number of likely N-dealkylation sites (N-methyl/N-ethyl adjacent to an activating group) is 1. The predicted octanol–water partition coefficient (Wildman–Crippen LogP) is 2.65. The van der Waals surface area contributed by atoms with Gasteiger partial charge in [-0.15, -0.1) is 11.3 Å². The summed E-state index contributed by atoms with van der Waals surface area (Å²) in [6, 6.07) is 2.53. The molecule has 1 aromatic heterocycles. The zero-order valence-corrected chi connectivity index (χ0v) is 13.0. The molecule has 0 saturated carbocycles. The van der Waals surface area contributed by atoms with Crippen molar-refractivity contribution in [3.8, 4) is 0 Å². The smallest absolute Gasteiger partial charge is 0.223 e. The van der Waals surface area contributed by atoms with Crippen LogP contribution in [0.2, 0.25) is 0 Å². The van der Waals surface area contributed by atoms with Gasteiger partial charge in [-0.1, -0.05) is 0 Å². The van der Waals surface area contributed by atoms with E-state index in [1.807, 2.05) is 11.9 Å². The van der Waals surface area contributed by atoms with Crippen LogP contribution in [-0.4, -0.2) is 37.0 Å². The Labute approximate surface area is 121 Å². The van der Waals surface area contributed by atoms with Gasteiger partial charge in [0.15, 0.2) is 0 Å². The normalized spacial score (nSPS) is 19.1. The van der Waals surface area contributed by atoms with Crippen LogP contribution in [-0.2, 0) is 11.2 Å². The molecule has 1 saturated heterocycles. The summed E-state index contributed by atoms with van der Waals surface area (Å²) in [4.78, 5) is 15.2. The summed E-state index contributed by atoms with van der Waals surface area (Å²) in [6.45, 7) is 1.86. The van der Waals surface area contributed by atoms with Crippen LogP contribution in [0.3, 0.4) is 0 Å². The molecule has 1 aliphatic heterocycles. The molecule has 0 aliphatic carbocycles. The molecule has 0 radical (unpaired) electrons. The maximum absolute atomic E-state index is 12.0. The maximum Gasteiger partial charge on any atom is 0.223 e. The number of rotatable bonds is 5. The minimum atomic E-state index is 0.255. The largest absolute Gasteiger partial charge is 0.345 e. The first kappa shape index (κ1) is 14.0. The van der Waals surface area contributed by atoms with Gasteiger partial charge in [0.2, 0.25) is 5.91 Å². The number of nitrogens with one attached hydrogen (secondary N) is 1. The van der Waals surface area contributed by atoms with Gasteiger partial charge in [-0.05, 0) is 47.8 Å². The summed E-state index contributed by atoms with van der Waals surface area (Å²) >= 11 is 5.19.